The van der Waals surface area contributed by atoms with Crippen LogP contribution in [0.25, 0.3) is 0 Å². The minimum atomic E-state index is 0.0930. The number of nitrogens with two attached hydrogens (primary N) is 1. The van der Waals surface area contributed by atoms with E-state index in [0.717, 1.165) is 0 Å². The van der Waals surface area contributed by atoms with Gasteiger partial charge in [0.1, 0.15) is 0 Å². The van der Waals surface area contributed by atoms with Crippen LogP contribution in [0.1, 0.15) is 43.6 Å². The van der Waals surface area contributed by atoms with Gasteiger partial charge in [0.15, 0.2) is 0 Å². The number of ether oxygens (including phenoxy) is 1. The fourth-order valence-corrected chi connectivity index (χ4v) is 2.23. The summed E-state index contributed by atoms with van der Waals surface area (Å²) in [5.74, 6) is 0. The van der Waals surface area contributed by atoms with Crippen molar-refractivity contribution >= 4 is 0 Å². The molecule has 0 fully saturated rings. The fraction of sp³-hybridized carbons (Fsp3) is 0.538. The minimum absolute atomic E-state index is 0.0930. The Kier molecular flexibility index (Phi) is 2.57. The van der Waals surface area contributed by atoms with Gasteiger partial charge in [-0.3, -0.25) is 0 Å². The summed E-state index contributed by atoms with van der Waals surface area (Å²) in [7, 11) is 0. The molecule has 0 radical (unpaired) electrons. The van der Waals surface area contributed by atoms with Gasteiger partial charge >= 0.3 is 0 Å². The van der Waals surface area contributed by atoms with Gasteiger partial charge in [0, 0.05) is 6.54 Å². The molecule has 0 spiro atoms. The number of hydrogen-bond acceptors (Lipinski definition) is 2. The second-order valence-corrected chi connectivity index (χ2v) is 5.16. The van der Waals surface area contributed by atoms with Crippen LogP contribution in [0.4, 0.5) is 0 Å². The van der Waals surface area contributed by atoms with Gasteiger partial charge in [0.05, 0.1) is 12.7 Å². The highest BCUT2D eigenvalue weighted by Gasteiger charge is 2.29. The third-order valence-electron chi connectivity index (χ3n) is 2.98. The molecular weight excluding hydrogens is 186 g/mol. The molecule has 2 heteroatoms. The van der Waals surface area contributed by atoms with Crippen molar-refractivity contribution in [2.75, 3.05) is 6.54 Å². The van der Waals surface area contributed by atoms with Gasteiger partial charge in [-0.05, 0) is 22.1 Å². The predicted molar refractivity (Wildman–Crippen MR) is 61.7 cm³/mol. The van der Waals surface area contributed by atoms with E-state index in [1.165, 1.54) is 16.7 Å². The van der Waals surface area contributed by atoms with Crippen molar-refractivity contribution in [3.05, 3.63) is 34.9 Å². The molecule has 0 aliphatic carbocycles. The van der Waals surface area contributed by atoms with Crippen LogP contribution in [0.3, 0.4) is 0 Å². The molecule has 2 N–H and O–H groups in total. The van der Waals surface area contributed by atoms with Gasteiger partial charge < -0.3 is 10.5 Å². The monoisotopic (exact) mass is 205 g/mol. The van der Waals surface area contributed by atoms with Crippen molar-refractivity contribution in [3.63, 3.8) is 0 Å². The highest BCUT2D eigenvalue weighted by molar-refractivity contribution is 5.42. The van der Waals surface area contributed by atoms with E-state index in [-0.39, 0.29) is 11.5 Å². The third-order valence-corrected chi connectivity index (χ3v) is 2.98. The Morgan fingerprint density at radius 3 is 2.73 bits per heavy atom. The quantitative estimate of drug-likeness (QED) is 0.764. The lowest BCUT2D eigenvalue weighted by atomic mass is 9.81. The lowest BCUT2D eigenvalue weighted by Gasteiger charge is -2.24. The highest BCUT2D eigenvalue weighted by Crippen LogP contribution is 2.37. The molecule has 1 aromatic rings. The van der Waals surface area contributed by atoms with Crippen LogP contribution in [0.15, 0.2) is 18.2 Å². The van der Waals surface area contributed by atoms with Gasteiger partial charge in [-0.25, -0.2) is 0 Å². The molecule has 0 aromatic heterocycles. The Hall–Kier alpha value is -0.860. The zero-order chi connectivity index (χ0) is 11.1. The van der Waals surface area contributed by atoms with E-state index in [4.69, 9.17) is 10.5 Å². The maximum atomic E-state index is 5.74. The van der Waals surface area contributed by atoms with Crippen molar-refractivity contribution in [1.29, 1.82) is 0 Å². The van der Waals surface area contributed by atoms with Crippen LogP contribution in [0.2, 0.25) is 0 Å². The predicted octanol–water partition coefficient (Wildman–Crippen LogP) is 2.51. The Bertz CT molecular complexity index is 365. The zero-order valence-electron chi connectivity index (χ0n) is 9.71. The van der Waals surface area contributed by atoms with Crippen molar-refractivity contribution in [1.82, 2.24) is 0 Å². The summed E-state index contributed by atoms with van der Waals surface area (Å²) in [4.78, 5) is 0. The summed E-state index contributed by atoms with van der Waals surface area (Å²) in [6, 6.07) is 6.44. The van der Waals surface area contributed by atoms with Crippen LogP contribution >= 0.6 is 0 Å². The van der Waals surface area contributed by atoms with E-state index in [2.05, 4.69) is 39.0 Å². The van der Waals surface area contributed by atoms with E-state index < -0.39 is 0 Å². The van der Waals surface area contributed by atoms with Crippen LogP contribution < -0.4 is 5.73 Å². The molecule has 2 rings (SSSR count). The largest absolute Gasteiger partial charge is 0.367 e. The van der Waals surface area contributed by atoms with Crippen molar-refractivity contribution < 1.29 is 4.74 Å². The number of fused-ring (bicyclic) bond motifs is 1. The molecule has 0 bridgehead atoms. The first kappa shape index (κ1) is 10.7. The SMILES string of the molecule is CC(C)(C)c1cccc2c1C(CN)OC2. The maximum Gasteiger partial charge on any atom is 0.0958 e. The van der Waals surface area contributed by atoms with Crippen molar-refractivity contribution in [3.8, 4) is 0 Å². The van der Waals surface area contributed by atoms with Gasteiger partial charge in [0.25, 0.3) is 0 Å². The van der Waals surface area contributed by atoms with Gasteiger partial charge in [-0.1, -0.05) is 39.0 Å². The average molecular weight is 205 g/mol. The van der Waals surface area contributed by atoms with E-state index in [1.807, 2.05) is 0 Å². The van der Waals surface area contributed by atoms with Crippen LogP contribution in [-0.2, 0) is 16.8 Å². The second-order valence-electron chi connectivity index (χ2n) is 5.16. The Morgan fingerprint density at radius 2 is 2.13 bits per heavy atom. The molecule has 1 aromatic carbocycles. The molecule has 1 atom stereocenters. The number of benzene rings is 1. The molecule has 2 nitrogen and oxygen atoms in total. The molecule has 15 heavy (non-hydrogen) atoms. The van der Waals surface area contributed by atoms with Crippen molar-refractivity contribution in [2.24, 2.45) is 5.73 Å². The first-order valence-electron chi connectivity index (χ1n) is 5.48. The van der Waals surface area contributed by atoms with Gasteiger partial charge in [-0.15, -0.1) is 0 Å². The Balaban J connectivity index is 2.54. The Labute approximate surface area is 91.4 Å². The molecule has 1 aliphatic heterocycles. The lowest BCUT2D eigenvalue weighted by molar-refractivity contribution is 0.0716. The summed E-state index contributed by atoms with van der Waals surface area (Å²) in [5, 5.41) is 0. The molecule has 82 valence electrons. The zero-order valence-corrected chi connectivity index (χ0v) is 9.71. The molecule has 1 unspecified atom stereocenters. The van der Waals surface area contributed by atoms with Crippen LogP contribution in [0.5, 0.6) is 0 Å². The topological polar surface area (TPSA) is 35.2 Å². The summed E-state index contributed by atoms with van der Waals surface area (Å²) < 4.78 is 5.68. The lowest BCUT2D eigenvalue weighted by Crippen LogP contribution is -2.19. The number of rotatable bonds is 1. The van der Waals surface area contributed by atoms with E-state index in [9.17, 15) is 0 Å². The molecule has 1 aliphatic rings. The van der Waals surface area contributed by atoms with Gasteiger partial charge in [0.2, 0.25) is 0 Å². The van der Waals surface area contributed by atoms with Crippen LogP contribution in [0, 0.1) is 0 Å². The average Bonchev–Trinajstić information content (AvgIpc) is 2.58. The van der Waals surface area contributed by atoms with Crippen molar-refractivity contribution in [2.45, 2.75) is 38.9 Å². The molecule has 0 amide bonds. The minimum Gasteiger partial charge on any atom is -0.367 e. The summed E-state index contributed by atoms with van der Waals surface area (Å²) >= 11 is 0. The second kappa shape index (κ2) is 3.62. The molecule has 0 saturated heterocycles. The number of hydrogen-bond donors (Lipinski definition) is 1. The maximum absolute atomic E-state index is 5.74. The molecule has 0 saturated carbocycles. The van der Waals surface area contributed by atoms with E-state index in [0.29, 0.717) is 13.2 Å². The summed E-state index contributed by atoms with van der Waals surface area (Å²) in [6.45, 7) is 7.97. The normalized spacial score (nSPS) is 20.4. The summed E-state index contributed by atoms with van der Waals surface area (Å²) in [5.41, 5.74) is 9.89. The van der Waals surface area contributed by atoms with E-state index in [1.54, 1.807) is 0 Å². The van der Waals surface area contributed by atoms with Gasteiger partial charge in [-0.2, -0.15) is 0 Å². The molecular formula is C13H19NO. The third kappa shape index (κ3) is 1.80. The smallest absolute Gasteiger partial charge is 0.0958 e. The van der Waals surface area contributed by atoms with Crippen LogP contribution in [-0.4, -0.2) is 6.54 Å². The molecule has 1 heterocycles. The van der Waals surface area contributed by atoms with E-state index >= 15 is 0 Å². The first-order valence-corrected chi connectivity index (χ1v) is 5.48. The standard InChI is InChI=1S/C13H19NO/c1-13(2,3)10-6-4-5-9-8-15-11(7-14)12(9)10/h4-6,11H,7-8,14H2,1-3H3. The Morgan fingerprint density at radius 1 is 1.40 bits per heavy atom. The fourth-order valence-electron chi connectivity index (χ4n) is 2.23. The highest BCUT2D eigenvalue weighted by atomic mass is 16.5. The summed E-state index contributed by atoms with van der Waals surface area (Å²) in [6.07, 6.45) is 0.0930. The first-order chi connectivity index (χ1) is 7.04.